The molecular weight excluding hydrogens is 286 g/mol. The molecule has 1 amide bonds. The lowest BCUT2D eigenvalue weighted by Gasteiger charge is -2.31. The zero-order valence-electron chi connectivity index (χ0n) is 10.7. The van der Waals surface area contributed by atoms with Crippen molar-refractivity contribution in [3.63, 3.8) is 0 Å². The molecular formula is C13H16ClNO3S. The SMILES string of the molecule is Cc1csc(C(=O)N2CCC(CC(=O)O)CC2)c1Cl. The van der Waals surface area contributed by atoms with Gasteiger partial charge < -0.3 is 10.0 Å². The summed E-state index contributed by atoms with van der Waals surface area (Å²) in [6, 6.07) is 0. The Morgan fingerprint density at radius 3 is 2.58 bits per heavy atom. The van der Waals surface area contributed by atoms with Crippen molar-refractivity contribution in [1.82, 2.24) is 4.90 Å². The molecule has 0 radical (unpaired) electrons. The second kappa shape index (κ2) is 5.92. The second-order valence-corrected chi connectivity index (χ2v) is 6.15. The van der Waals surface area contributed by atoms with Crippen LogP contribution in [0.5, 0.6) is 0 Å². The quantitative estimate of drug-likeness (QED) is 0.933. The zero-order valence-corrected chi connectivity index (χ0v) is 12.3. The number of thiophene rings is 1. The van der Waals surface area contributed by atoms with Crippen LogP contribution in [0.1, 0.15) is 34.5 Å². The number of hydrogen-bond acceptors (Lipinski definition) is 3. The van der Waals surface area contributed by atoms with E-state index in [1.54, 1.807) is 4.90 Å². The number of likely N-dealkylation sites (tertiary alicyclic amines) is 1. The van der Waals surface area contributed by atoms with Gasteiger partial charge in [-0.05, 0) is 36.6 Å². The van der Waals surface area contributed by atoms with Crippen molar-refractivity contribution in [2.24, 2.45) is 5.92 Å². The van der Waals surface area contributed by atoms with Crippen LogP contribution in [0.3, 0.4) is 0 Å². The summed E-state index contributed by atoms with van der Waals surface area (Å²) in [6.07, 6.45) is 1.70. The Morgan fingerprint density at radius 2 is 2.11 bits per heavy atom. The Labute approximate surface area is 121 Å². The van der Waals surface area contributed by atoms with Gasteiger partial charge in [-0.1, -0.05) is 11.6 Å². The number of carboxylic acids is 1. The number of rotatable bonds is 3. The van der Waals surface area contributed by atoms with Crippen molar-refractivity contribution >= 4 is 34.8 Å². The van der Waals surface area contributed by atoms with Crippen LogP contribution >= 0.6 is 22.9 Å². The number of aryl methyl sites for hydroxylation is 1. The molecule has 1 saturated heterocycles. The number of carbonyl (C=O) groups excluding carboxylic acids is 1. The molecule has 4 nitrogen and oxygen atoms in total. The fourth-order valence-electron chi connectivity index (χ4n) is 2.30. The minimum absolute atomic E-state index is 0.0307. The monoisotopic (exact) mass is 301 g/mol. The summed E-state index contributed by atoms with van der Waals surface area (Å²) in [5, 5.41) is 11.2. The van der Waals surface area contributed by atoms with Gasteiger partial charge in [0.05, 0.1) is 5.02 Å². The molecule has 1 N–H and O–H groups in total. The minimum atomic E-state index is -0.762. The van der Waals surface area contributed by atoms with Gasteiger partial charge in [-0.2, -0.15) is 0 Å². The smallest absolute Gasteiger partial charge is 0.303 e. The first-order chi connectivity index (χ1) is 8.99. The molecule has 6 heteroatoms. The summed E-state index contributed by atoms with van der Waals surface area (Å²) in [6.45, 7) is 3.11. The molecule has 0 saturated carbocycles. The number of carbonyl (C=O) groups is 2. The summed E-state index contributed by atoms with van der Waals surface area (Å²) in [5.74, 6) is -0.610. The van der Waals surface area contributed by atoms with E-state index in [0.29, 0.717) is 23.0 Å². The number of amides is 1. The van der Waals surface area contributed by atoms with Gasteiger partial charge in [-0.25, -0.2) is 0 Å². The molecule has 104 valence electrons. The lowest BCUT2D eigenvalue weighted by atomic mass is 9.93. The predicted molar refractivity (Wildman–Crippen MR) is 74.9 cm³/mol. The van der Waals surface area contributed by atoms with Crippen LogP contribution in [0.15, 0.2) is 5.38 Å². The largest absolute Gasteiger partial charge is 0.481 e. The van der Waals surface area contributed by atoms with E-state index in [1.807, 2.05) is 12.3 Å². The van der Waals surface area contributed by atoms with Gasteiger partial charge in [-0.15, -0.1) is 11.3 Å². The van der Waals surface area contributed by atoms with E-state index in [2.05, 4.69) is 0 Å². The topological polar surface area (TPSA) is 57.6 Å². The molecule has 1 aliphatic heterocycles. The van der Waals surface area contributed by atoms with Gasteiger partial charge >= 0.3 is 5.97 Å². The van der Waals surface area contributed by atoms with Crippen molar-refractivity contribution in [2.75, 3.05) is 13.1 Å². The van der Waals surface area contributed by atoms with Crippen LogP contribution in [0, 0.1) is 12.8 Å². The Bertz CT molecular complexity index is 492. The highest BCUT2D eigenvalue weighted by molar-refractivity contribution is 7.13. The lowest BCUT2D eigenvalue weighted by molar-refractivity contribution is -0.138. The van der Waals surface area contributed by atoms with Crippen LogP contribution in [0.4, 0.5) is 0 Å². The first kappa shape index (κ1) is 14.3. The minimum Gasteiger partial charge on any atom is -0.481 e. The maximum Gasteiger partial charge on any atom is 0.303 e. The highest BCUT2D eigenvalue weighted by Gasteiger charge is 2.27. The Balaban J connectivity index is 1.96. The molecule has 0 aromatic carbocycles. The van der Waals surface area contributed by atoms with E-state index in [9.17, 15) is 9.59 Å². The molecule has 0 bridgehead atoms. The summed E-state index contributed by atoms with van der Waals surface area (Å²) in [4.78, 5) is 25.3. The molecule has 1 aliphatic rings. The van der Waals surface area contributed by atoms with E-state index in [1.165, 1.54) is 11.3 Å². The molecule has 1 fully saturated rings. The highest BCUT2D eigenvalue weighted by atomic mass is 35.5. The third-order valence-electron chi connectivity index (χ3n) is 3.46. The third kappa shape index (κ3) is 3.28. The molecule has 0 spiro atoms. The summed E-state index contributed by atoms with van der Waals surface area (Å²) in [7, 11) is 0. The molecule has 0 atom stereocenters. The van der Waals surface area contributed by atoms with E-state index in [4.69, 9.17) is 16.7 Å². The van der Waals surface area contributed by atoms with Gasteiger partial charge in [0.2, 0.25) is 0 Å². The molecule has 0 aliphatic carbocycles. The molecule has 2 heterocycles. The van der Waals surface area contributed by atoms with Crippen LogP contribution < -0.4 is 0 Å². The van der Waals surface area contributed by atoms with Crippen molar-refractivity contribution < 1.29 is 14.7 Å². The highest BCUT2D eigenvalue weighted by Crippen LogP contribution is 2.30. The van der Waals surface area contributed by atoms with Gasteiger partial charge in [0, 0.05) is 19.5 Å². The number of piperidine rings is 1. The van der Waals surface area contributed by atoms with Crippen molar-refractivity contribution in [2.45, 2.75) is 26.2 Å². The van der Waals surface area contributed by atoms with Gasteiger partial charge in [0.1, 0.15) is 4.88 Å². The lowest BCUT2D eigenvalue weighted by Crippen LogP contribution is -2.38. The van der Waals surface area contributed by atoms with Crippen LogP contribution in [-0.2, 0) is 4.79 Å². The van der Waals surface area contributed by atoms with Gasteiger partial charge in [0.15, 0.2) is 0 Å². The average molecular weight is 302 g/mol. The fraction of sp³-hybridized carbons (Fsp3) is 0.538. The number of aliphatic carboxylic acids is 1. The fourth-order valence-corrected chi connectivity index (χ4v) is 3.55. The van der Waals surface area contributed by atoms with Gasteiger partial charge in [-0.3, -0.25) is 9.59 Å². The van der Waals surface area contributed by atoms with E-state index < -0.39 is 5.97 Å². The Hall–Kier alpha value is -1.07. The third-order valence-corrected chi connectivity index (χ3v) is 5.14. The first-order valence-electron chi connectivity index (χ1n) is 6.23. The maximum absolute atomic E-state index is 12.3. The predicted octanol–water partition coefficient (Wildman–Crippen LogP) is 3.04. The summed E-state index contributed by atoms with van der Waals surface area (Å²) >= 11 is 7.48. The summed E-state index contributed by atoms with van der Waals surface area (Å²) in [5.41, 5.74) is 0.927. The normalized spacial score (nSPS) is 16.6. The van der Waals surface area contributed by atoms with Crippen molar-refractivity contribution in [3.05, 3.63) is 20.8 Å². The standard InChI is InChI=1S/C13H16ClNO3S/c1-8-7-19-12(11(8)14)13(18)15-4-2-9(3-5-15)6-10(16)17/h7,9H,2-6H2,1H3,(H,16,17). The first-order valence-corrected chi connectivity index (χ1v) is 7.49. The van der Waals surface area contributed by atoms with Crippen LogP contribution in [0.2, 0.25) is 5.02 Å². The number of nitrogens with zero attached hydrogens (tertiary/aromatic N) is 1. The van der Waals surface area contributed by atoms with Crippen molar-refractivity contribution in [1.29, 1.82) is 0 Å². The number of hydrogen-bond donors (Lipinski definition) is 1. The zero-order chi connectivity index (χ0) is 14.0. The molecule has 19 heavy (non-hydrogen) atoms. The molecule has 2 rings (SSSR count). The molecule has 0 unspecified atom stereocenters. The Kier molecular flexibility index (Phi) is 4.47. The average Bonchev–Trinajstić information content (AvgIpc) is 2.69. The number of halogens is 1. The van der Waals surface area contributed by atoms with E-state index in [-0.39, 0.29) is 18.2 Å². The summed E-state index contributed by atoms with van der Waals surface area (Å²) < 4.78 is 0. The second-order valence-electron chi connectivity index (χ2n) is 4.90. The van der Waals surface area contributed by atoms with E-state index >= 15 is 0 Å². The van der Waals surface area contributed by atoms with Gasteiger partial charge in [0.25, 0.3) is 5.91 Å². The van der Waals surface area contributed by atoms with E-state index in [0.717, 1.165) is 18.4 Å². The number of carboxylic acid groups (broad SMARTS) is 1. The van der Waals surface area contributed by atoms with Crippen LogP contribution in [-0.4, -0.2) is 35.0 Å². The molecule has 1 aromatic heterocycles. The maximum atomic E-state index is 12.3. The Morgan fingerprint density at radius 1 is 1.47 bits per heavy atom. The van der Waals surface area contributed by atoms with Crippen molar-refractivity contribution in [3.8, 4) is 0 Å². The van der Waals surface area contributed by atoms with Crippen LogP contribution in [0.25, 0.3) is 0 Å². The molecule has 1 aromatic rings.